The molecule has 0 amide bonds. The third-order valence-corrected chi connectivity index (χ3v) is 1.36. The first kappa shape index (κ1) is 10.2. The summed E-state index contributed by atoms with van der Waals surface area (Å²) in [5, 5.41) is 0. The van der Waals surface area contributed by atoms with Crippen LogP contribution in [0.4, 0.5) is 0 Å². The van der Waals surface area contributed by atoms with Crippen LogP contribution >= 0.6 is 0 Å². The fraction of sp³-hybridized carbons (Fsp3) is 0.667. The minimum Gasteiger partial charge on any atom is -0.466 e. The third kappa shape index (κ3) is 9.21. The van der Waals surface area contributed by atoms with Crippen LogP contribution in [0.3, 0.4) is 0 Å². The molecule has 0 unspecified atom stereocenters. The van der Waals surface area contributed by atoms with E-state index in [0.717, 1.165) is 25.7 Å². The van der Waals surface area contributed by atoms with Crippen LogP contribution in [0.1, 0.15) is 32.6 Å². The Labute approximate surface area is 68.2 Å². The average molecular weight is 156 g/mol. The van der Waals surface area contributed by atoms with Gasteiger partial charge in [0.05, 0.1) is 6.61 Å². The lowest BCUT2D eigenvalue weighted by atomic mass is 10.2. The topological polar surface area (TPSA) is 26.3 Å². The highest BCUT2D eigenvalue weighted by Crippen LogP contribution is 1.99. The number of carbonyl (C=O) groups is 1. The lowest BCUT2D eigenvalue weighted by Gasteiger charge is -1.99. The Balaban J connectivity index is 2.90. The minimum absolute atomic E-state index is 0.186. The predicted octanol–water partition coefficient (Wildman–Crippen LogP) is 2.30. The van der Waals surface area contributed by atoms with Crippen molar-refractivity contribution in [1.82, 2.24) is 0 Å². The number of esters is 1. The van der Waals surface area contributed by atoms with Crippen molar-refractivity contribution >= 4 is 5.97 Å². The van der Waals surface area contributed by atoms with Crippen LogP contribution in [0.15, 0.2) is 12.7 Å². The van der Waals surface area contributed by atoms with Gasteiger partial charge < -0.3 is 4.74 Å². The molecule has 0 radical (unpaired) electrons. The highest BCUT2D eigenvalue weighted by molar-refractivity contribution is 5.65. The predicted molar refractivity (Wildman–Crippen MR) is 45.3 cm³/mol. The molecule has 0 aliphatic heterocycles. The summed E-state index contributed by atoms with van der Waals surface area (Å²) in [7, 11) is 0. The first-order valence-corrected chi connectivity index (χ1v) is 4.01. The molecule has 0 rings (SSSR count). The van der Waals surface area contributed by atoms with Crippen LogP contribution < -0.4 is 0 Å². The van der Waals surface area contributed by atoms with Gasteiger partial charge in [-0.3, -0.25) is 4.79 Å². The van der Waals surface area contributed by atoms with Gasteiger partial charge in [-0.25, -0.2) is 0 Å². The molecule has 64 valence electrons. The van der Waals surface area contributed by atoms with Gasteiger partial charge in [0.25, 0.3) is 0 Å². The SMILES string of the molecule is C=CCCCCCOC(C)=O. The third-order valence-electron chi connectivity index (χ3n) is 1.36. The van der Waals surface area contributed by atoms with E-state index in [1.165, 1.54) is 6.92 Å². The molecule has 11 heavy (non-hydrogen) atoms. The van der Waals surface area contributed by atoms with E-state index in [2.05, 4.69) is 6.58 Å². The summed E-state index contributed by atoms with van der Waals surface area (Å²) >= 11 is 0. The van der Waals surface area contributed by atoms with Gasteiger partial charge in [-0.15, -0.1) is 6.58 Å². The van der Waals surface area contributed by atoms with Gasteiger partial charge in [0.1, 0.15) is 0 Å². The fourth-order valence-electron chi connectivity index (χ4n) is 0.783. The Kier molecular flexibility index (Phi) is 6.79. The molecule has 0 aliphatic carbocycles. The first-order chi connectivity index (χ1) is 5.27. The maximum atomic E-state index is 10.3. The summed E-state index contributed by atoms with van der Waals surface area (Å²) in [6.45, 7) is 5.62. The zero-order valence-electron chi connectivity index (χ0n) is 7.14. The number of ether oxygens (including phenoxy) is 1. The van der Waals surface area contributed by atoms with Crippen molar-refractivity contribution in [3.8, 4) is 0 Å². The van der Waals surface area contributed by atoms with E-state index < -0.39 is 0 Å². The van der Waals surface area contributed by atoms with Crippen molar-refractivity contribution in [3.05, 3.63) is 12.7 Å². The van der Waals surface area contributed by atoms with E-state index in [1.54, 1.807) is 0 Å². The quantitative estimate of drug-likeness (QED) is 0.335. The second kappa shape index (κ2) is 7.32. The number of rotatable bonds is 6. The number of hydrogen-bond acceptors (Lipinski definition) is 2. The Hall–Kier alpha value is -0.790. The molecule has 2 heteroatoms. The van der Waals surface area contributed by atoms with E-state index in [1.807, 2.05) is 6.08 Å². The molecule has 0 heterocycles. The number of carbonyl (C=O) groups excluding carboxylic acids is 1. The van der Waals surface area contributed by atoms with Crippen LogP contribution in [-0.2, 0) is 9.53 Å². The molecule has 0 saturated heterocycles. The summed E-state index contributed by atoms with van der Waals surface area (Å²) in [6, 6.07) is 0. The molecule has 0 aromatic carbocycles. The Morgan fingerprint density at radius 1 is 1.45 bits per heavy atom. The molecular weight excluding hydrogens is 140 g/mol. The van der Waals surface area contributed by atoms with Crippen LogP contribution in [0.5, 0.6) is 0 Å². The van der Waals surface area contributed by atoms with Crippen molar-refractivity contribution in [2.24, 2.45) is 0 Å². The van der Waals surface area contributed by atoms with Crippen molar-refractivity contribution in [2.45, 2.75) is 32.6 Å². The molecule has 0 N–H and O–H groups in total. The van der Waals surface area contributed by atoms with Crippen LogP contribution in [-0.4, -0.2) is 12.6 Å². The zero-order chi connectivity index (χ0) is 8.53. The maximum absolute atomic E-state index is 10.3. The van der Waals surface area contributed by atoms with Crippen molar-refractivity contribution in [3.63, 3.8) is 0 Å². The van der Waals surface area contributed by atoms with Crippen molar-refractivity contribution in [2.75, 3.05) is 6.61 Å². The molecule has 0 fully saturated rings. The summed E-state index contributed by atoms with van der Waals surface area (Å²) in [6.07, 6.45) is 6.18. The lowest BCUT2D eigenvalue weighted by molar-refractivity contribution is -0.141. The normalized spacial score (nSPS) is 9.18. The molecule has 0 aromatic rings. The molecule has 0 saturated carbocycles. The van der Waals surface area contributed by atoms with Crippen molar-refractivity contribution in [1.29, 1.82) is 0 Å². The Bertz CT molecular complexity index is 119. The van der Waals surface area contributed by atoms with Gasteiger partial charge >= 0.3 is 5.97 Å². The molecule has 2 nitrogen and oxygen atoms in total. The second-order valence-corrected chi connectivity index (χ2v) is 2.48. The number of unbranched alkanes of at least 4 members (excludes halogenated alkanes) is 3. The second-order valence-electron chi connectivity index (χ2n) is 2.48. The monoisotopic (exact) mass is 156 g/mol. The first-order valence-electron chi connectivity index (χ1n) is 4.01. The minimum atomic E-state index is -0.186. The summed E-state index contributed by atoms with van der Waals surface area (Å²) in [5.74, 6) is -0.186. The summed E-state index contributed by atoms with van der Waals surface area (Å²) in [4.78, 5) is 10.3. The Morgan fingerprint density at radius 2 is 2.18 bits per heavy atom. The van der Waals surface area contributed by atoms with Gasteiger partial charge in [-0.05, 0) is 25.7 Å². The molecule has 0 spiro atoms. The molecule has 0 atom stereocenters. The van der Waals surface area contributed by atoms with E-state index >= 15 is 0 Å². The summed E-state index contributed by atoms with van der Waals surface area (Å²) in [5.41, 5.74) is 0. The van der Waals surface area contributed by atoms with Crippen LogP contribution in [0.2, 0.25) is 0 Å². The van der Waals surface area contributed by atoms with E-state index in [9.17, 15) is 4.79 Å². The lowest BCUT2D eigenvalue weighted by Crippen LogP contribution is -1.99. The van der Waals surface area contributed by atoms with Crippen molar-refractivity contribution < 1.29 is 9.53 Å². The zero-order valence-corrected chi connectivity index (χ0v) is 7.14. The number of hydrogen-bond donors (Lipinski definition) is 0. The van der Waals surface area contributed by atoms with Crippen LogP contribution in [0.25, 0.3) is 0 Å². The van der Waals surface area contributed by atoms with E-state index in [-0.39, 0.29) is 5.97 Å². The molecule has 0 aromatic heterocycles. The summed E-state index contributed by atoms with van der Waals surface area (Å²) < 4.78 is 4.76. The van der Waals surface area contributed by atoms with Gasteiger partial charge in [-0.2, -0.15) is 0 Å². The molecule has 0 bridgehead atoms. The highest BCUT2D eigenvalue weighted by atomic mass is 16.5. The smallest absolute Gasteiger partial charge is 0.302 e. The van der Waals surface area contributed by atoms with Gasteiger partial charge in [0.2, 0.25) is 0 Å². The van der Waals surface area contributed by atoms with Gasteiger partial charge in [0, 0.05) is 6.92 Å². The molecular formula is C9H16O2. The molecule has 0 aliphatic rings. The Morgan fingerprint density at radius 3 is 2.73 bits per heavy atom. The van der Waals surface area contributed by atoms with Crippen LogP contribution in [0, 0.1) is 0 Å². The van der Waals surface area contributed by atoms with Gasteiger partial charge in [0.15, 0.2) is 0 Å². The maximum Gasteiger partial charge on any atom is 0.302 e. The largest absolute Gasteiger partial charge is 0.466 e. The van der Waals surface area contributed by atoms with E-state index in [4.69, 9.17) is 4.74 Å². The average Bonchev–Trinajstić information content (AvgIpc) is 1.96. The highest BCUT2D eigenvalue weighted by Gasteiger charge is 1.91. The van der Waals surface area contributed by atoms with Gasteiger partial charge in [-0.1, -0.05) is 6.08 Å². The van der Waals surface area contributed by atoms with E-state index in [0.29, 0.717) is 6.61 Å². The number of allylic oxidation sites excluding steroid dienone is 1. The standard InChI is InChI=1S/C9H16O2/c1-3-4-5-6-7-8-11-9(2)10/h3H,1,4-8H2,2H3. The fourth-order valence-corrected chi connectivity index (χ4v) is 0.783.